The lowest BCUT2D eigenvalue weighted by atomic mass is 9.91. The molecule has 1 aliphatic carbocycles. The van der Waals surface area contributed by atoms with Crippen molar-refractivity contribution in [2.45, 2.75) is 51.0 Å². The second kappa shape index (κ2) is 9.57. The van der Waals surface area contributed by atoms with E-state index in [1.807, 2.05) is 24.3 Å². The first kappa shape index (κ1) is 21.5. The van der Waals surface area contributed by atoms with Crippen molar-refractivity contribution in [3.63, 3.8) is 0 Å². The Labute approximate surface area is 180 Å². The maximum Gasteiger partial charge on any atom is 0.242 e. The van der Waals surface area contributed by atoms with E-state index in [9.17, 15) is 19.6 Å². The Morgan fingerprint density at radius 2 is 2.03 bits per heavy atom. The topological polar surface area (TPSA) is 119 Å². The molecule has 166 valence electrons. The van der Waals surface area contributed by atoms with Crippen LogP contribution in [0.2, 0.25) is 0 Å². The molecule has 1 aliphatic heterocycles. The largest absolute Gasteiger partial charge is 0.342 e. The smallest absolute Gasteiger partial charge is 0.242 e. The molecule has 31 heavy (non-hydrogen) atoms. The molecule has 4 rings (SSSR count). The van der Waals surface area contributed by atoms with Crippen LogP contribution in [0.5, 0.6) is 0 Å². The summed E-state index contributed by atoms with van der Waals surface area (Å²) in [5.74, 6) is 0.101. The van der Waals surface area contributed by atoms with Gasteiger partial charge in [0.15, 0.2) is 5.78 Å². The minimum Gasteiger partial charge on any atom is -0.342 e. The molecule has 2 aliphatic rings. The summed E-state index contributed by atoms with van der Waals surface area (Å²) in [6, 6.07) is 7.00. The summed E-state index contributed by atoms with van der Waals surface area (Å²) in [5, 5.41) is 11.7. The molecule has 1 saturated carbocycles. The summed E-state index contributed by atoms with van der Waals surface area (Å²) in [5.41, 5.74) is 4.71. The van der Waals surface area contributed by atoms with Crippen LogP contribution >= 0.6 is 0 Å². The maximum atomic E-state index is 13.3. The summed E-state index contributed by atoms with van der Waals surface area (Å²) in [7, 11) is 0. The van der Waals surface area contributed by atoms with E-state index in [-0.39, 0.29) is 24.7 Å². The van der Waals surface area contributed by atoms with Gasteiger partial charge in [-0.3, -0.25) is 24.6 Å². The van der Waals surface area contributed by atoms with Gasteiger partial charge < -0.3 is 4.98 Å². The van der Waals surface area contributed by atoms with Crippen LogP contribution < -0.4 is 5.43 Å². The zero-order chi connectivity index (χ0) is 21.8. The number of rotatable bonds is 9. The van der Waals surface area contributed by atoms with Crippen molar-refractivity contribution >= 4 is 29.1 Å². The van der Waals surface area contributed by atoms with Crippen molar-refractivity contribution in [3.05, 3.63) is 30.1 Å². The third-order valence-corrected chi connectivity index (χ3v) is 6.37. The molecule has 0 spiro atoms. The van der Waals surface area contributed by atoms with Crippen LogP contribution in [0, 0.1) is 11.8 Å². The number of amides is 2. The first-order valence-corrected chi connectivity index (χ1v) is 11.0. The molecule has 2 amide bonds. The first-order valence-electron chi connectivity index (χ1n) is 11.0. The van der Waals surface area contributed by atoms with Crippen LogP contribution in [0.1, 0.15) is 44.3 Å². The number of imidazole rings is 1. The van der Waals surface area contributed by atoms with Gasteiger partial charge >= 0.3 is 0 Å². The lowest BCUT2D eigenvalue weighted by Gasteiger charge is -2.29. The molecule has 2 aromatic rings. The van der Waals surface area contributed by atoms with Crippen molar-refractivity contribution < 1.29 is 19.6 Å². The Morgan fingerprint density at radius 3 is 2.77 bits per heavy atom. The van der Waals surface area contributed by atoms with Gasteiger partial charge in [0, 0.05) is 6.54 Å². The summed E-state index contributed by atoms with van der Waals surface area (Å²) < 4.78 is 0. The number of H-pyrrole nitrogens is 1. The number of ketones is 1. The van der Waals surface area contributed by atoms with Gasteiger partial charge in [0.2, 0.25) is 12.3 Å². The highest BCUT2D eigenvalue weighted by Gasteiger charge is 2.38. The van der Waals surface area contributed by atoms with Crippen LogP contribution in [0.3, 0.4) is 0 Å². The average Bonchev–Trinajstić information content (AvgIpc) is 3.52. The number of carbonyl (C=O) groups excluding carboxylic acids is 3. The normalized spacial score (nSPS) is 20.3. The Morgan fingerprint density at radius 1 is 1.26 bits per heavy atom. The molecule has 2 heterocycles. The molecule has 0 unspecified atom stereocenters. The average molecular weight is 428 g/mol. The second-order valence-electron chi connectivity index (χ2n) is 8.58. The Hall–Kier alpha value is -2.78. The predicted molar refractivity (Wildman–Crippen MR) is 113 cm³/mol. The van der Waals surface area contributed by atoms with Gasteiger partial charge in [-0.25, -0.2) is 15.5 Å². The fourth-order valence-electron chi connectivity index (χ4n) is 4.84. The van der Waals surface area contributed by atoms with Crippen LogP contribution in [-0.4, -0.2) is 62.5 Å². The van der Waals surface area contributed by atoms with E-state index in [1.165, 1.54) is 5.01 Å². The molecule has 2 atom stereocenters. The number of nitrogens with one attached hydrogen (secondary N) is 2. The lowest BCUT2D eigenvalue weighted by Crippen LogP contribution is -2.51. The zero-order valence-electron chi connectivity index (χ0n) is 17.5. The van der Waals surface area contributed by atoms with Gasteiger partial charge in [0.05, 0.1) is 29.9 Å². The Balaban J connectivity index is 1.45. The molecular formula is C22H29N5O4. The molecule has 0 bridgehead atoms. The number of Topliss-reactive ketones (excluding diaryl/α,β-unsaturated/α-hetero) is 1. The predicted octanol–water partition coefficient (Wildman–Crippen LogP) is 1.82. The number of para-hydroxylation sites is 2. The summed E-state index contributed by atoms with van der Waals surface area (Å²) in [4.78, 5) is 44.9. The van der Waals surface area contributed by atoms with Crippen molar-refractivity contribution in [1.82, 2.24) is 25.5 Å². The number of hydrogen-bond acceptors (Lipinski definition) is 6. The number of nitrogens with zero attached hydrogens (tertiary/aromatic N) is 3. The van der Waals surface area contributed by atoms with E-state index in [1.54, 1.807) is 0 Å². The van der Waals surface area contributed by atoms with Gasteiger partial charge in [-0.15, -0.1) is 0 Å². The molecule has 2 fully saturated rings. The van der Waals surface area contributed by atoms with E-state index < -0.39 is 12.0 Å². The van der Waals surface area contributed by atoms with E-state index in [2.05, 4.69) is 15.4 Å². The molecular weight excluding hydrogens is 398 g/mol. The molecule has 1 saturated heterocycles. The number of hydrogen-bond donors (Lipinski definition) is 3. The van der Waals surface area contributed by atoms with Gasteiger partial charge in [-0.1, -0.05) is 37.8 Å². The highest BCUT2D eigenvalue weighted by Crippen LogP contribution is 2.31. The fourth-order valence-corrected chi connectivity index (χ4v) is 4.84. The maximum absolute atomic E-state index is 13.3. The number of hydroxylamine groups is 2. The number of aromatic nitrogens is 2. The number of carbonyl (C=O) groups is 3. The van der Waals surface area contributed by atoms with E-state index in [4.69, 9.17) is 0 Å². The second-order valence-corrected chi connectivity index (χ2v) is 8.58. The van der Waals surface area contributed by atoms with Gasteiger partial charge in [0.25, 0.3) is 0 Å². The molecule has 9 nitrogen and oxygen atoms in total. The monoisotopic (exact) mass is 427 g/mol. The van der Waals surface area contributed by atoms with Gasteiger partial charge in [-0.2, -0.15) is 0 Å². The molecule has 3 N–H and O–H groups in total. The van der Waals surface area contributed by atoms with Crippen molar-refractivity contribution in [2.75, 3.05) is 13.1 Å². The number of benzene rings is 1. The third-order valence-electron chi connectivity index (χ3n) is 6.37. The van der Waals surface area contributed by atoms with Gasteiger partial charge in [-0.05, 0) is 30.9 Å². The van der Waals surface area contributed by atoms with Gasteiger partial charge in [0.1, 0.15) is 11.9 Å². The quantitative estimate of drug-likeness (QED) is 0.319. The third kappa shape index (κ3) is 4.94. The zero-order valence-corrected chi connectivity index (χ0v) is 17.5. The Kier molecular flexibility index (Phi) is 6.62. The lowest BCUT2D eigenvalue weighted by molar-refractivity contribution is -0.159. The Bertz CT molecular complexity index is 906. The highest BCUT2D eigenvalue weighted by molar-refractivity contribution is 5.91. The van der Waals surface area contributed by atoms with Crippen molar-refractivity contribution in [3.8, 4) is 0 Å². The van der Waals surface area contributed by atoms with Crippen LogP contribution in [0.15, 0.2) is 24.3 Å². The summed E-state index contributed by atoms with van der Waals surface area (Å²) in [6.45, 7) is 0.455. The van der Waals surface area contributed by atoms with E-state index >= 15 is 0 Å². The molecule has 9 heteroatoms. The summed E-state index contributed by atoms with van der Waals surface area (Å²) >= 11 is 0. The van der Waals surface area contributed by atoms with Crippen LogP contribution in [-0.2, 0) is 20.8 Å². The van der Waals surface area contributed by atoms with Crippen molar-refractivity contribution in [1.29, 1.82) is 0 Å². The fraction of sp³-hybridized carbons (Fsp3) is 0.545. The van der Waals surface area contributed by atoms with E-state index in [0.29, 0.717) is 42.6 Å². The first-order chi connectivity index (χ1) is 15.0. The van der Waals surface area contributed by atoms with Crippen LogP contribution in [0.25, 0.3) is 11.0 Å². The standard InChI is InChI=1S/C22H29N5O4/c28-14-26(31)13-16(11-15-5-1-2-6-15)22(30)27-19(9-10-23-27)20(29)12-21-24-17-7-3-4-8-18(17)25-21/h3-4,7-8,14-16,19,23,31H,1-2,5-6,9-13H2,(H,24,25)/t16-,19+/m1/s1. The number of hydrazine groups is 1. The minimum absolute atomic E-state index is 0.0680. The van der Waals surface area contributed by atoms with E-state index in [0.717, 1.165) is 36.7 Å². The number of fused-ring (bicyclic) bond motifs is 1. The highest BCUT2D eigenvalue weighted by atomic mass is 16.5. The minimum atomic E-state index is -0.588. The molecule has 0 radical (unpaired) electrons. The molecule has 1 aromatic heterocycles. The summed E-state index contributed by atoms with van der Waals surface area (Å²) in [6.07, 6.45) is 5.95. The SMILES string of the molecule is O=CN(O)C[C@@H](CC1CCCC1)C(=O)N1NCC[C@H]1C(=O)Cc1nc2ccccc2[nH]1. The van der Waals surface area contributed by atoms with Crippen molar-refractivity contribution in [2.24, 2.45) is 11.8 Å². The van der Waals surface area contributed by atoms with Crippen LogP contribution in [0.4, 0.5) is 0 Å². The number of aromatic amines is 1. The molecule has 1 aromatic carbocycles.